The molecule has 0 N–H and O–H groups in total. The summed E-state index contributed by atoms with van der Waals surface area (Å²) in [4.78, 5) is 0. The first-order valence-corrected chi connectivity index (χ1v) is 8.68. The highest BCUT2D eigenvalue weighted by molar-refractivity contribution is 7.86. The molecule has 7 heteroatoms. The van der Waals surface area contributed by atoms with Crippen LogP contribution < -0.4 is 0 Å². The van der Waals surface area contributed by atoms with Gasteiger partial charge >= 0.3 is 0 Å². The van der Waals surface area contributed by atoms with Crippen molar-refractivity contribution in [1.82, 2.24) is 8.61 Å². The van der Waals surface area contributed by atoms with Crippen LogP contribution in [-0.4, -0.2) is 49.4 Å². The van der Waals surface area contributed by atoms with E-state index in [1.54, 1.807) is 19.2 Å². The van der Waals surface area contributed by atoms with Crippen molar-refractivity contribution in [2.75, 3.05) is 20.1 Å². The molecule has 1 saturated heterocycles. The van der Waals surface area contributed by atoms with E-state index in [0.717, 1.165) is 5.56 Å². The van der Waals surface area contributed by atoms with Crippen LogP contribution in [0.4, 0.5) is 0 Å². The molecule has 1 fully saturated rings. The number of benzene rings is 1. The van der Waals surface area contributed by atoms with Gasteiger partial charge in [0.05, 0.1) is 12.2 Å². The van der Waals surface area contributed by atoms with E-state index < -0.39 is 10.2 Å². The van der Waals surface area contributed by atoms with Gasteiger partial charge in [0.25, 0.3) is 10.2 Å². The molecular formula is C14H21ClN2O3S. The number of nitrogens with zero attached hydrogens (tertiary/aromatic N) is 2. The molecule has 0 spiro atoms. The van der Waals surface area contributed by atoms with E-state index >= 15 is 0 Å². The topological polar surface area (TPSA) is 49.9 Å². The van der Waals surface area contributed by atoms with Gasteiger partial charge in [-0.15, -0.1) is 0 Å². The van der Waals surface area contributed by atoms with Crippen LogP contribution in [0, 0.1) is 0 Å². The lowest BCUT2D eigenvalue weighted by Crippen LogP contribution is -2.52. The molecule has 1 aliphatic rings. The number of halogens is 1. The van der Waals surface area contributed by atoms with Crippen LogP contribution in [0.25, 0.3) is 0 Å². The average Bonchev–Trinajstić information content (AvgIpc) is 2.37. The molecular weight excluding hydrogens is 312 g/mol. The summed E-state index contributed by atoms with van der Waals surface area (Å²) in [6.07, 6.45) is -0.189. The fraction of sp³-hybridized carbons (Fsp3) is 0.571. The molecule has 1 aromatic carbocycles. The highest BCUT2D eigenvalue weighted by atomic mass is 35.5. The largest absolute Gasteiger partial charge is 0.373 e. The van der Waals surface area contributed by atoms with Crippen molar-refractivity contribution in [3.63, 3.8) is 0 Å². The second-order valence-electron chi connectivity index (χ2n) is 5.47. The Morgan fingerprint density at radius 2 is 1.95 bits per heavy atom. The third-order valence-corrected chi connectivity index (χ3v) is 5.50. The van der Waals surface area contributed by atoms with Gasteiger partial charge in [0.2, 0.25) is 0 Å². The Kier molecular flexibility index (Phi) is 5.27. The molecule has 0 aliphatic carbocycles. The van der Waals surface area contributed by atoms with E-state index in [-0.39, 0.29) is 12.2 Å². The monoisotopic (exact) mass is 332 g/mol. The molecule has 0 saturated carbocycles. The second kappa shape index (κ2) is 6.62. The van der Waals surface area contributed by atoms with E-state index in [1.165, 1.54) is 8.61 Å². The van der Waals surface area contributed by atoms with Crippen LogP contribution in [0.3, 0.4) is 0 Å². The van der Waals surface area contributed by atoms with Crippen LogP contribution in [0.2, 0.25) is 5.02 Å². The standard InChI is InChI=1S/C14H21ClN2O3S/c1-11-8-17(9-12(2)20-11)21(18,19)16(3)10-13-5-4-6-14(15)7-13/h4-7,11-12H,8-10H2,1-3H3. The van der Waals surface area contributed by atoms with Crippen molar-refractivity contribution < 1.29 is 13.2 Å². The SMILES string of the molecule is CC1CN(S(=O)(=O)N(C)Cc2cccc(Cl)c2)CC(C)O1. The third kappa shape index (κ3) is 4.17. The minimum Gasteiger partial charge on any atom is -0.373 e. The van der Waals surface area contributed by atoms with Gasteiger partial charge in [-0.05, 0) is 31.5 Å². The molecule has 2 unspecified atom stereocenters. The van der Waals surface area contributed by atoms with Gasteiger partial charge in [-0.1, -0.05) is 23.7 Å². The molecule has 2 atom stereocenters. The summed E-state index contributed by atoms with van der Waals surface area (Å²) in [5.74, 6) is 0. The van der Waals surface area contributed by atoms with Crippen molar-refractivity contribution in [3.8, 4) is 0 Å². The number of rotatable bonds is 4. The summed E-state index contributed by atoms with van der Waals surface area (Å²) in [6.45, 7) is 4.83. The van der Waals surface area contributed by atoms with Gasteiger partial charge in [0, 0.05) is 31.7 Å². The molecule has 2 rings (SSSR count). The lowest BCUT2D eigenvalue weighted by Gasteiger charge is -2.36. The summed E-state index contributed by atoms with van der Waals surface area (Å²) in [5.41, 5.74) is 0.864. The van der Waals surface area contributed by atoms with E-state index in [9.17, 15) is 8.42 Å². The molecule has 0 bridgehead atoms. The smallest absolute Gasteiger partial charge is 0.282 e. The fourth-order valence-corrected chi connectivity index (χ4v) is 4.21. The maximum absolute atomic E-state index is 12.6. The lowest BCUT2D eigenvalue weighted by molar-refractivity contribution is -0.0453. The van der Waals surface area contributed by atoms with Gasteiger partial charge in [0.1, 0.15) is 0 Å². The zero-order valence-corrected chi connectivity index (χ0v) is 14.1. The van der Waals surface area contributed by atoms with Gasteiger partial charge in [0.15, 0.2) is 0 Å². The first kappa shape index (κ1) is 16.7. The molecule has 5 nitrogen and oxygen atoms in total. The highest BCUT2D eigenvalue weighted by Crippen LogP contribution is 2.19. The fourth-order valence-electron chi connectivity index (χ4n) is 2.49. The number of hydrogen-bond acceptors (Lipinski definition) is 3. The van der Waals surface area contributed by atoms with E-state index in [1.807, 2.05) is 26.0 Å². The lowest BCUT2D eigenvalue weighted by atomic mass is 10.2. The third-order valence-electron chi connectivity index (χ3n) is 3.40. The average molecular weight is 333 g/mol. The van der Waals surface area contributed by atoms with E-state index in [4.69, 9.17) is 16.3 Å². The van der Waals surface area contributed by atoms with E-state index in [2.05, 4.69) is 0 Å². The Hall–Kier alpha value is -0.660. The molecule has 21 heavy (non-hydrogen) atoms. The molecule has 1 heterocycles. The summed E-state index contributed by atoms with van der Waals surface area (Å²) in [7, 11) is -1.91. The minimum atomic E-state index is -3.50. The predicted octanol–water partition coefficient (Wildman–Crippen LogP) is 2.13. The van der Waals surface area contributed by atoms with Crippen molar-refractivity contribution >= 4 is 21.8 Å². The quantitative estimate of drug-likeness (QED) is 0.848. The molecule has 0 aromatic heterocycles. The first-order valence-electron chi connectivity index (χ1n) is 6.90. The second-order valence-corrected chi connectivity index (χ2v) is 7.94. The molecule has 1 aliphatic heterocycles. The minimum absolute atomic E-state index is 0.0944. The highest BCUT2D eigenvalue weighted by Gasteiger charge is 2.33. The van der Waals surface area contributed by atoms with Gasteiger partial charge in [-0.25, -0.2) is 0 Å². The van der Waals surface area contributed by atoms with Crippen molar-refractivity contribution in [3.05, 3.63) is 34.9 Å². The zero-order chi connectivity index (χ0) is 15.6. The Morgan fingerprint density at radius 1 is 1.33 bits per heavy atom. The van der Waals surface area contributed by atoms with Gasteiger partial charge < -0.3 is 4.74 Å². The van der Waals surface area contributed by atoms with Crippen molar-refractivity contribution in [2.45, 2.75) is 32.6 Å². The maximum Gasteiger partial charge on any atom is 0.282 e. The Bertz CT molecular complexity index is 584. The van der Waals surface area contributed by atoms with Crippen LogP contribution in [0.15, 0.2) is 24.3 Å². The van der Waals surface area contributed by atoms with Crippen LogP contribution in [-0.2, 0) is 21.5 Å². The molecule has 118 valence electrons. The Balaban J connectivity index is 2.11. The zero-order valence-electron chi connectivity index (χ0n) is 12.5. The Morgan fingerprint density at radius 3 is 2.52 bits per heavy atom. The molecule has 0 radical (unpaired) electrons. The summed E-state index contributed by atoms with van der Waals surface area (Å²) < 4.78 is 33.7. The Labute approximate surface area is 131 Å². The van der Waals surface area contributed by atoms with Crippen molar-refractivity contribution in [2.24, 2.45) is 0 Å². The summed E-state index contributed by atoms with van der Waals surface area (Å²) in [6, 6.07) is 7.22. The number of ether oxygens (including phenoxy) is 1. The maximum atomic E-state index is 12.6. The van der Waals surface area contributed by atoms with E-state index in [0.29, 0.717) is 24.7 Å². The van der Waals surface area contributed by atoms with Crippen molar-refractivity contribution in [1.29, 1.82) is 0 Å². The summed E-state index contributed by atoms with van der Waals surface area (Å²) >= 11 is 5.93. The first-order chi connectivity index (χ1) is 9.79. The van der Waals surface area contributed by atoms with Crippen LogP contribution in [0.5, 0.6) is 0 Å². The number of hydrogen-bond donors (Lipinski definition) is 0. The predicted molar refractivity (Wildman–Crippen MR) is 83.4 cm³/mol. The van der Waals surface area contributed by atoms with Gasteiger partial charge in [-0.3, -0.25) is 0 Å². The van der Waals surface area contributed by atoms with Gasteiger partial charge in [-0.2, -0.15) is 17.0 Å². The normalized spacial score (nSPS) is 24.4. The summed E-state index contributed by atoms with van der Waals surface area (Å²) in [5, 5.41) is 0.604. The molecule has 0 amide bonds. The molecule has 1 aromatic rings. The van der Waals surface area contributed by atoms with Crippen LogP contribution in [0.1, 0.15) is 19.4 Å². The van der Waals surface area contributed by atoms with Crippen LogP contribution >= 0.6 is 11.6 Å². The number of morpholine rings is 1.